The summed E-state index contributed by atoms with van der Waals surface area (Å²) >= 11 is 6.83. The Hall–Kier alpha value is -3.57. The molecule has 0 radical (unpaired) electrons. The summed E-state index contributed by atoms with van der Waals surface area (Å²) in [5.74, 6) is -0.0265. The summed E-state index contributed by atoms with van der Waals surface area (Å²) in [4.78, 5) is 29.6. The zero-order valence-electron chi connectivity index (χ0n) is 19.1. The topological polar surface area (TPSA) is 94.8 Å². The highest BCUT2D eigenvalue weighted by molar-refractivity contribution is 9.10. The number of anilines is 1. The predicted molar refractivity (Wildman–Crippen MR) is 143 cm³/mol. The number of para-hydroxylation sites is 1. The van der Waals surface area contributed by atoms with Crippen LogP contribution in [0.4, 0.5) is 10.1 Å². The van der Waals surface area contributed by atoms with Gasteiger partial charge in [-0.05, 0) is 65.3 Å². The monoisotopic (exact) mass is 616 g/mol. The first-order valence-electron chi connectivity index (χ1n) is 10.5. The predicted octanol–water partition coefficient (Wildman–Crippen LogP) is 5.28. The summed E-state index contributed by atoms with van der Waals surface area (Å²) in [5.41, 5.74) is 0.928. The lowest BCUT2D eigenvalue weighted by Crippen LogP contribution is -2.21. The number of ether oxygens (including phenoxy) is 2. The fourth-order valence-corrected chi connectivity index (χ4v) is 4.12. The van der Waals surface area contributed by atoms with Gasteiger partial charge in [-0.15, -0.1) is 0 Å². The van der Waals surface area contributed by atoms with Crippen molar-refractivity contribution >= 4 is 60.6 Å². The second-order valence-electron chi connectivity index (χ2n) is 7.52. The Morgan fingerprint density at radius 1 is 1.17 bits per heavy atom. The number of carbonyl (C=O) groups excluding carboxylic acids is 1. The lowest BCUT2D eigenvalue weighted by atomic mass is 10.2. The molecule has 1 heterocycles. The number of hydrogen-bond acceptors (Lipinski definition) is 6. The van der Waals surface area contributed by atoms with E-state index in [0.717, 1.165) is 4.47 Å². The van der Waals surface area contributed by atoms with Crippen molar-refractivity contribution in [2.45, 2.75) is 6.92 Å². The number of halogens is 3. The number of aryl methyl sites for hydroxylation is 1. The average Bonchev–Trinajstić information content (AvgIpc) is 2.85. The van der Waals surface area contributed by atoms with Gasteiger partial charge >= 0.3 is 0 Å². The maximum Gasteiger partial charge on any atom is 0.282 e. The van der Waals surface area contributed by atoms with Crippen LogP contribution in [0, 0.1) is 12.7 Å². The van der Waals surface area contributed by atoms with Crippen molar-refractivity contribution in [2.75, 3.05) is 19.0 Å². The number of carbonyl (C=O) groups is 1. The first-order valence-corrected chi connectivity index (χ1v) is 12.1. The van der Waals surface area contributed by atoms with Crippen LogP contribution >= 0.6 is 31.9 Å². The number of amides is 1. The summed E-state index contributed by atoms with van der Waals surface area (Å²) in [5, 5.41) is 7.21. The number of hydrogen-bond donors (Lipinski definition) is 1. The minimum absolute atomic E-state index is 0.0619. The Kier molecular flexibility index (Phi) is 7.80. The van der Waals surface area contributed by atoms with E-state index in [9.17, 15) is 14.0 Å². The molecule has 0 aliphatic heterocycles. The molecule has 0 atom stereocenters. The molecule has 11 heteroatoms. The fraction of sp³-hybridized carbons (Fsp3) is 0.120. The van der Waals surface area contributed by atoms with Crippen LogP contribution in [0.25, 0.3) is 10.9 Å². The number of nitrogens with zero attached hydrogens (tertiary/aromatic N) is 3. The van der Waals surface area contributed by atoms with Gasteiger partial charge in [0.25, 0.3) is 11.5 Å². The molecule has 1 N–H and O–H groups in total. The molecule has 0 aliphatic carbocycles. The van der Waals surface area contributed by atoms with Gasteiger partial charge in [0.05, 0.1) is 29.9 Å². The summed E-state index contributed by atoms with van der Waals surface area (Å²) in [7, 11) is 1.45. The van der Waals surface area contributed by atoms with Gasteiger partial charge in [0.1, 0.15) is 11.6 Å². The van der Waals surface area contributed by atoms with Crippen LogP contribution in [0.3, 0.4) is 0 Å². The highest BCUT2D eigenvalue weighted by atomic mass is 79.9. The zero-order chi connectivity index (χ0) is 25.8. The van der Waals surface area contributed by atoms with Gasteiger partial charge < -0.3 is 14.8 Å². The van der Waals surface area contributed by atoms with Crippen molar-refractivity contribution in [3.63, 3.8) is 0 Å². The molecule has 0 unspecified atom stereocenters. The summed E-state index contributed by atoms with van der Waals surface area (Å²) < 4.78 is 27.3. The first kappa shape index (κ1) is 25.5. The summed E-state index contributed by atoms with van der Waals surface area (Å²) in [6, 6.07) is 14.4. The van der Waals surface area contributed by atoms with E-state index in [4.69, 9.17) is 9.47 Å². The number of rotatable bonds is 7. The van der Waals surface area contributed by atoms with Crippen molar-refractivity contribution in [2.24, 2.45) is 5.10 Å². The SMILES string of the molecule is COc1cc(C=Nn2c(C)nc3ccc(Br)cc3c2=O)c(Br)cc1OCC(=O)Nc1ccccc1F. The standard InChI is InChI=1S/C25H19Br2FN4O4/c1-14-30-20-8-7-16(26)10-17(20)25(34)32(14)29-12-15-9-22(35-2)23(11-18(15)27)36-13-24(33)31-21-6-4-3-5-19(21)28/h3-12H,13H2,1-2H3,(H,31,33). The lowest BCUT2D eigenvalue weighted by Gasteiger charge is -2.13. The van der Waals surface area contributed by atoms with Gasteiger partial charge in [-0.25, -0.2) is 9.37 Å². The third kappa shape index (κ3) is 5.63. The maximum absolute atomic E-state index is 13.7. The number of fused-ring (bicyclic) bond motifs is 1. The highest BCUT2D eigenvalue weighted by Gasteiger charge is 2.13. The molecule has 3 aromatic carbocycles. The van der Waals surface area contributed by atoms with Gasteiger partial charge in [-0.3, -0.25) is 9.59 Å². The molecule has 4 rings (SSSR count). The molecule has 36 heavy (non-hydrogen) atoms. The Labute approximate surface area is 222 Å². The van der Waals surface area contributed by atoms with Gasteiger partial charge in [0, 0.05) is 14.5 Å². The van der Waals surface area contributed by atoms with E-state index in [1.807, 2.05) is 6.07 Å². The smallest absolute Gasteiger partial charge is 0.282 e. The second-order valence-corrected chi connectivity index (χ2v) is 9.29. The summed E-state index contributed by atoms with van der Waals surface area (Å²) in [6.07, 6.45) is 1.49. The van der Waals surface area contributed by atoms with Gasteiger partial charge in [-0.1, -0.05) is 28.1 Å². The minimum Gasteiger partial charge on any atom is -0.493 e. The van der Waals surface area contributed by atoms with Crippen LogP contribution in [0.1, 0.15) is 11.4 Å². The Balaban J connectivity index is 1.55. The second kappa shape index (κ2) is 11.0. The molecule has 184 valence electrons. The van der Waals surface area contributed by atoms with E-state index in [2.05, 4.69) is 47.3 Å². The molecule has 0 saturated heterocycles. The molecule has 0 bridgehead atoms. The zero-order valence-corrected chi connectivity index (χ0v) is 22.3. The Bertz CT molecular complexity index is 1560. The van der Waals surface area contributed by atoms with Crippen molar-refractivity contribution < 1.29 is 18.7 Å². The maximum atomic E-state index is 13.7. The average molecular weight is 618 g/mol. The Morgan fingerprint density at radius 3 is 2.69 bits per heavy atom. The largest absolute Gasteiger partial charge is 0.493 e. The van der Waals surface area contributed by atoms with Crippen LogP contribution in [0.15, 0.2) is 73.4 Å². The normalized spacial score (nSPS) is 11.1. The lowest BCUT2D eigenvalue weighted by molar-refractivity contribution is -0.118. The number of methoxy groups -OCH3 is 1. The molecule has 0 fully saturated rings. The minimum atomic E-state index is -0.543. The fourth-order valence-electron chi connectivity index (χ4n) is 3.33. The third-order valence-electron chi connectivity index (χ3n) is 5.07. The van der Waals surface area contributed by atoms with Gasteiger partial charge in [0.2, 0.25) is 0 Å². The van der Waals surface area contributed by atoms with E-state index in [1.165, 1.54) is 36.2 Å². The van der Waals surface area contributed by atoms with Crippen LogP contribution in [-0.2, 0) is 4.79 Å². The molecular weight excluding hydrogens is 599 g/mol. The van der Waals surface area contributed by atoms with Crippen molar-refractivity contribution in [3.05, 3.63) is 91.1 Å². The van der Waals surface area contributed by atoms with E-state index in [-0.39, 0.29) is 23.6 Å². The van der Waals surface area contributed by atoms with E-state index in [0.29, 0.717) is 32.5 Å². The summed E-state index contributed by atoms with van der Waals surface area (Å²) in [6.45, 7) is 1.33. The molecule has 4 aromatic rings. The van der Waals surface area contributed by atoms with E-state index < -0.39 is 11.7 Å². The number of aromatic nitrogens is 2. The van der Waals surface area contributed by atoms with Crippen LogP contribution in [0.2, 0.25) is 0 Å². The molecule has 0 aliphatic rings. The quantitative estimate of drug-likeness (QED) is 0.285. The van der Waals surface area contributed by atoms with E-state index >= 15 is 0 Å². The van der Waals surface area contributed by atoms with Gasteiger partial charge in [0.15, 0.2) is 18.1 Å². The van der Waals surface area contributed by atoms with E-state index in [1.54, 1.807) is 37.3 Å². The Morgan fingerprint density at radius 2 is 1.94 bits per heavy atom. The van der Waals surface area contributed by atoms with Crippen LogP contribution in [-0.4, -0.2) is 35.5 Å². The molecular formula is C25H19Br2FN4O4. The van der Waals surface area contributed by atoms with Crippen LogP contribution < -0.4 is 20.3 Å². The number of benzene rings is 3. The molecule has 8 nitrogen and oxygen atoms in total. The first-order chi connectivity index (χ1) is 17.3. The highest BCUT2D eigenvalue weighted by Crippen LogP contribution is 2.33. The molecule has 1 aromatic heterocycles. The van der Waals surface area contributed by atoms with Crippen molar-refractivity contribution in [1.29, 1.82) is 0 Å². The number of nitrogens with one attached hydrogen (secondary N) is 1. The molecule has 0 spiro atoms. The molecule has 1 amide bonds. The van der Waals surface area contributed by atoms with Crippen molar-refractivity contribution in [3.8, 4) is 11.5 Å². The third-order valence-corrected chi connectivity index (χ3v) is 6.25. The molecule has 0 saturated carbocycles. The van der Waals surface area contributed by atoms with Crippen LogP contribution in [0.5, 0.6) is 11.5 Å². The van der Waals surface area contributed by atoms with Gasteiger partial charge in [-0.2, -0.15) is 9.78 Å². The van der Waals surface area contributed by atoms with Crippen molar-refractivity contribution in [1.82, 2.24) is 9.66 Å².